The molecule has 0 amide bonds. The summed E-state index contributed by atoms with van der Waals surface area (Å²) in [4.78, 5) is 16.6. The van der Waals surface area contributed by atoms with Crippen molar-refractivity contribution in [3.05, 3.63) is 26.9 Å². The van der Waals surface area contributed by atoms with E-state index in [0.717, 1.165) is 6.42 Å². The SMILES string of the molecule is CC1OCCC1N(C)c1ncc(Br)cc1[N+](=O)[O-]. The van der Waals surface area contributed by atoms with Crippen molar-refractivity contribution < 1.29 is 9.66 Å². The average molecular weight is 316 g/mol. The van der Waals surface area contributed by atoms with Gasteiger partial charge in [-0.05, 0) is 29.3 Å². The first-order valence-corrected chi connectivity index (χ1v) is 6.44. The third kappa shape index (κ3) is 2.46. The largest absolute Gasteiger partial charge is 0.376 e. The van der Waals surface area contributed by atoms with Crippen LogP contribution in [0.1, 0.15) is 13.3 Å². The smallest absolute Gasteiger partial charge is 0.312 e. The Balaban J connectivity index is 2.35. The third-order valence-corrected chi connectivity index (χ3v) is 3.61. The van der Waals surface area contributed by atoms with E-state index >= 15 is 0 Å². The van der Waals surface area contributed by atoms with E-state index in [1.807, 2.05) is 18.9 Å². The highest BCUT2D eigenvalue weighted by Gasteiger charge is 2.32. The van der Waals surface area contributed by atoms with Gasteiger partial charge >= 0.3 is 5.69 Å². The molecule has 0 radical (unpaired) electrons. The maximum absolute atomic E-state index is 11.1. The van der Waals surface area contributed by atoms with Crippen LogP contribution in [0.3, 0.4) is 0 Å². The summed E-state index contributed by atoms with van der Waals surface area (Å²) in [5.41, 5.74) is 0.00553. The van der Waals surface area contributed by atoms with Crippen LogP contribution in [0.25, 0.3) is 0 Å². The molecule has 1 aromatic heterocycles. The van der Waals surface area contributed by atoms with Gasteiger partial charge < -0.3 is 9.64 Å². The molecule has 1 aliphatic rings. The van der Waals surface area contributed by atoms with Crippen LogP contribution in [0.2, 0.25) is 0 Å². The molecule has 98 valence electrons. The maximum Gasteiger partial charge on any atom is 0.312 e. The van der Waals surface area contributed by atoms with Crippen molar-refractivity contribution in [1.82, 2.24) is 4.98 Å². The summed E-state index contributed by atoms with van der Waals surface area (Å²) in [6.07, 6.45) is 2.48. The maximum atomic E-state index is 11.1. The molecule has 1 fully saturated rings. The Morgan fingerprint density at radius 2 is 2.39 bits per heavy atom. The van der Waals surface area contributed by atoms with E-state index in [-0.39, 0.29) is 17.8 Å². The molecule has 2 unspecified atom stereocenters. The first-order chi connectivity index (χ1) is 8.50. The lowest BCUT2D eigenvalue weighted by Gasteiger charge is -2.27. The summed E-state index contributed by atoms with van der Waals surface area (Å²) in [7, 11) is 1.82. The molecule has 2 rings (SSSR count). The first kappa shape index (κ1) is 13.2. The van der Waals surface area contributed by atoms with E-state index in [9.17, 15) is 10.1 Å². The number of nitro groups is 1. The Labute approximate surface area is 113 Å². The summed E-state index contributed by atoms with van der Waals surface area (Å²) in [5, 5.41) is 11.1. The van der Waals surface area contributed by atoms with Gasteiger partial charge in [-0.1, -0.05) is 0 Å². The minimum atomic E-state index is -0.413. The molecule has 0 saturated carbocycles. The van der Waals surface area contributed by atoms with E-state index in [4.69, 9.17) is 4.74 Å². The van der Waals surface area contributed by atoms with Crippen LogP contribution in [0.15, 0.2) is 16.7 Å². The Kier molecular flexibility index (Phi) is 3.82. The van der Waals surface area contributed by atoms with Crippen LogP contribution in [-0.2, 0) is 4.74 Å². The average Bonchev–Trinajstić information content (AvgIpc) is 2.74. The molecule has 7 heteroatoms. The summed E-state index contributed by atoms with van der Waals surface area (Å²) in [6, 6.07) is 1.59. The van der Waals surface area contributed by atoms with Crippen molar-refractivity contribution in [2.45, 2.75) is 25.5 Å². The number of likely N-dealkylation sites (N-methyl/N-ethyl adjacent to an activating group) is 1. The summed E-state index contributed by atoms with van der Waals surface area (Å²) < 4.78 is 6.08. The van der Waals surface area contributed by atoms with Gasteiger partial charge in [0.25, 0.3) is 0 Å². The number of hydrogen-bond acceptors (Lipinski definition) is 5. The topological polar surface area (TPSA) is 68.5 Å². The monoisotopic (exact) mass is 315 g/mol. The number of pyridine rings is 1. The zero-order valence-electron chi connectivity index (χ0n) is 10.2. The lowest BCUT2D eigenvalue weighted by molar-refractivity contribution is -0.384. The van der Waals surface area contributed by atoms with Crippen molar-refractivity contribution in [1.29, 1.82) is 0 Å². The van der Waals surface area contributed by atoms with Crippen molar-refractivity contribution in [3.63, 3.8) is 0 Å². The number of anilines is 1. The molecule has 6 nitrogen and oxygen atoms in total. The lowest BCUT2D eigenvalue weighted by atomic mass is 10.1. The van der Waals surface area contributed by atoms with Gasteiger partial charge in [0.1, 0.15) is 0 Å². The molecule has 0 aromatic carbocycles. The van der Waals surface area contributed by atoms with Gasteiger partial charge in [0.2, 0.25) is 5.82 Å². The number of aromatic nitrogens is 1. The minimum Gasteiger partial charge on any atom is -0.376 e. The zero-order valence-corrected chi connectivity index (χ0v) is 11.8. The molecule has 0 N–H and O–H groups in total. The minimum absolute atomic E-state index is 0.00553. The van der Waals surface area contributed by atoms with Gasteiger partial charge in [0, 0.05) is 30.4 Å². The Hall–Kier alpha value is -1.21. The van der Waals surface area contributed by atoms with E-state index in [2.05, 4.69) is 20.9 Å². The van der Waals surface area contributed by atoms with Crippen LogP contribution in [0.5, 0.6) is 0 Å². The molecule has 18 heavy (non-hydrogen) atoms. The van der Waals surface area contributed by atoms with Crippen LogP contribution >= 0.6 is 15.9 Å². The molecule has 0 aliphatic carbocycles. The normalized spacial score (nSPS) is 23.1. The third-order valence-electron chi connectivity index (χ3n) is 3.18. The van der Waals surface area contributed by atoms with Crippen LogP contribution < -0.4 is 4.90 Å². The molecule has 1 saturated heterocycles. The standard InChI is InChI=1S/C11H14BrN3O3/c1-7-9(3-4-18-7)14(2)11-10(15(16)17)5-8(12)6-13-11/h5-7,9H,3-4H2,1-2H3. The number of nitrogens with zero attached hydrogens (tertiary/aromatic N) is 3. The molecule has 1 aliphatic heterocycles. The van der Waals surface area contributed by atoms with Crippen molar-refractivity contribution in [3.8, 4) is 0 Å². The highest BCUT2D eigenvalue weighted by atomic mass is 79.9. The molecule has 0 bridgehead atoms. The number of ether oxygens (including phenoxy) is 1. The summed E-state index contributed by atoms with van der Waals surface area (Å²) in [6.45, 7) is 2.65. The fourth-order valence-electron chi connectivity index (χ4n) is 2.21. The van der Waals surface area contributed by atoms with E-state index < -0.39 is 4.92 Å². The van der Waals surface area contributed by atoms with Gasteiger partial charge in [-0.15, -0.1) is 0 Å². The van der Waals surface area contributed by atoms with Gasteiger partial charge in [-0.2, -0.15) is 0 Å². The van der Waals surface area contributed by atoms with Crippen LogP contribution in [-0.4, -0.2) is 35.7 Å². The van der Waals surface area contributed by atoms with Crippen molar-refractivity contribution in [2.75, 3.05) is 18.6 Å². The Bertz CT molecular complexity index is 469. The van der Waals surface area contributed by atoms with Crippen molar-refractivity contribution in [2.24, 2.45) is 0 Å². The fourth-order valence-corrected chi connectivity index (χ4v) is 2.53. The number of hydrogen-bond donors (Lipinski definition) is 0. The second kappa shape index (κ2) is 5.19. The second-order valence-corrected chi connectivity index (χ2v) is 5.21. The predicted molar refractivity (Wildman–Crippen MR) is 70.8 cm³/mol. The molecule has 2 atom stereocenters. The lowest BCUT2D eigenvalue weighted by Crippen LogP contribution is -2.37. The van der Waals surface area contributed by atoms with Gasteiger partial charge in [0.05, 0.1) is 17.1 Å². The van der Waals surface area contributed by atoms with Crippen LogP contribution in [0.4, 0.5) is 11.5 Å². The molecular formula is C11H14BrN3O3. The number of rotatable bonds is 3. The second-order valence-electron chi connectivity index (χ2n) is 4.30. The predicted octanol–water partition coefficient (Wildman–Crippen LogP) is 2.37. The number of halogens is 1. The fraction of sp³-hybridized carbons (Fsp3) is 0.545. The molecule has 2 heterocycles. The Morgan fingerprint density at radius 3 is 2.94 bits per heavy atom. The van der Waals surface area contributed by atoms with E-state index in [1.165, 1.54) is 6.07 Å². The van der Waals surface area contributed by atoms with E-state index in [1.54, 1.807) is 6.20 Å². The van der Waals surface area contributed by atoms with Gasteiger partial charge in [-0.3, -0.25) is 10.1 Å². The van der Waals surface area contributed by atoms with Crippen molar-refractivity contribution >= 4 is 27.4 Å². The quantitative estimate of drug-likeness (QED) is 0.632. The Morgan fingerprint density at radius 1 is 1.67 bits per heavy atom. The highest BCUT2D eigenvalue weighted by molar-refractivity contribution is 9.10. The van der Waals surface area contributed by atoms with Crippen LogP contribution in [0, 0.1) is 10.1 Å². The van der Waals surface area contributed by atoms with Gasteiger partial charge in [-0.25, -0.2) is 4.98 Å². The molecule has 0 spiro atoms. The van der Waals surface area contributed by atoms with Gasteiger partial charge in [0.15, 0.2) is 0 Å². The van der Waals surface area contributed by atoms with E-state index in [0.29, 0.717) is 16.9 Å². The summed E-state index contributed by atoms with van der Waals surface area (Å²) in [5.74, 6) is 0.380. The first-order valence-electron chi connectivity index (χ1n) is 5.65. The highest BCUT2D eigenvalue weighted by Crippen LogP contribution is 2.31. The summed E-state index contributed by atoms with van der Waals surface area (Å²) >= 11 is 3.20. The molecular weight excluding hydrogens is 302 g/mol. The molecule has 1 aromatic rings. The zero-order chi connectivity index (χ0) is 13.3.